The lowest BCUT2D eigenvalue weighted by molar-refractivity contribution is -0.138. The summed E-state index contributed by atoms with van der Waals surface area (Å²) in [7, 11) is 0. The number of benzene rings is 1. The molecule has 0 radical (unpaired) electrons. The first-order valence-corrected chi connectivity index (χ1v) is 11.6. The maximum absolute atomic E-state index is 12.5. The second-order valence-corrected chi connectivity index (χ2v) is 8.51. The van der Waals surface area contributed by atoms with Gasteiger partial charge in [-0.15, -0.1) is 10.2 Å². The largest absolute Gasteiger partial charge is 0.467 e. The van der Waals surface area contributed by atoms with E-state index in [0.717, 1.165) is 16.9 Å². The van der Waals surface area contributed by atoms with Crippen LogP contribution in [0.5, 0.6) is 0 Å². The summed E-state index contributed by atoms with van der Waals surface area (Å²) in [4.78, 5) is 24.6. The zero-order chi connectivity index (χ0) is 23.4. The van der Waals surface area contributed by atoms with Gasteiger partial charge >= 0.3 is 12.0 Å². The van der Waals surface area contributed by atoms with Gasteiger partial charge in [0, 0.05) is 17.0 Å². The van der Waals surface area contributed by atoms with Crippen LogP contribution in [0.2, 0.25) is 0 Å². The minimum absolute atomic E-state index is 0.251. The standard InChI is InChI=1S/C23H25N5O4S/c1-4-31-21(29)19-15(3)24-22(30)25-18(19)13-33-23-27-26-20(16-8-5-7-14(2)11-16)28(23)12-17-9-6-10-32-17/h5-11,15H,4,12-13H2,1-3H3,(H2,24,25,30)/t15-/m1/s1. The Labute approximate surface area is 195 Å². The Morgan fingerprint density at radius 1 is 1.27 bits per heavy atom. The maximum Gasteiger partial charge on any atom is 0.337 e. The normalized spacial score (nSPS) is 15.8. The lowest BCUT2D eigenvalue weighted by atomic mass is 10.1. The molecule has 0 bridgehead atoms. The van der Waals surface area contributed by atoms with Crippen LogP contribution in [0.15, 0.2) is 63.5 Å². The number of amides is 2. The summed E-state index contributed by atoms with van der Waals surface area (Å²) >= 11 is 1.38. The van der Waals surface area contributed by atoms with E-state index in [1.54, 1.807) is 20.1 Å². The third-order valence-corrected chi connectivity index (χ3v) is 6.09. The van der Waals surface area contributed by atoms with Crippen LogP contribution in [-0.4, -0.2) is 45.2 Å². The molecule has 2 N–H and O–H groups in total. The number of carbonyl (C=O) groups is 2. The molecule has 1 atom stereocenters. The minimum atomic E-state index is -0.461. The molecule has 0 saturated heterocycles. The first-order chi connectivity index (χ1) is 16.0. The number of esters is 1. The molecule has 33 heavy (non-hydrogen) atoms. The molecule has 10 heteroatoms. The maximum atomic E-state index is 12.5. The average molecular weight is 468 g/mol. The Hall–Kier alpha value is -3.53. The van der Waals surface area contributed by atoms with E-state index in [-0.39, 0.29) is 12.6 Å². The van der Waals surface area contributed by atoms with Gasteiger partial charge in [-0.25, -0.2) is 9.59 Å². The lowest BCUT2D eigenvalue weighted by Crippen LogP contribution is -2.49. The smallest absolute Gasteiger partial charge is 0.337 e. The van der Waals surface area contributed by atoms with Crippen molar-refractivity contribution in [3.05, 3.63) is 65.3 Å². The summed E-state index contributed by atoms with van der Waals surface area (Å²) in [6.45, 7) is 6.22. The summed E-state index contributed by atoms with van der Waals surface area (Å²) < 4.78 is 12.7. The van der Waals surface area contributed by atoms with Crippen molar-refractivity contribution in [3.8, 4) is 11.4 Å². The zero-order valence-electron chi connectivity index (χ0n) is 18.6. The number of rotatable bonds is 8. The van der Waals surface area contributed by atoms with E-state index in [9.17, 15) is 9.59 Å². The van der Waals surface area contributed by atoms with Crippen molar-refractivity contribution in [2.24, 2.45) is 0 Å². The number of urea groups is 1. The fourth-order valence-corrected chi connectivity index (χ4v) is 4.53. The molecular weight excluding hydrogens is 442 g/mol. The van der Waals surface area contributed by atoms with Crippen LogP contribution in [0.4, 0.5) is 4.79 Å². The van der Waals surface area contributed by atoms with Crippen LogP contribution in [0, 0.1) is 6.92 Å². The molecule has 2 amide bonds. The quantitative estimate of drug-likeness (QED) is 0.385. The van der Waals surface area contributed by atoms with Crippen LogP contribution in [0.3, 0.4) is 0 Å². The van der Waals surface area contributed by atoms with Crippen molar-refractivity contribution in [1.82, 2.24) is 25.4 Å². The first kappa shape index (κ1) is 22.7. The van der Waals surface area contributed by atoms with Gasteiger partial charge in [0.2, 0.25) is 0 Å². The highest BCUT2D eigenvalue weighted by Crippen LogP contribution is 2.28. The van der Waals surface area contributed by atoms with Gasteiger partial charge in [-0.05, 0) is 39.0 Å². The second-order valence-electron chi connectivity index (χ2n) is 7.56. The molecule has 1 aliphatic heterocycles. The van der Waals surface area contributed by atoms with Gasteiger partial charge in [0.05, 0.1) is 31.0 Å². The van der Waals surface area contributed by atoms with Crippen molar-refractivity contribution in [2.75, 3.05) is 12.4 Å². The molecule has 4 rings (SSSR count). The molecular formula is C23H25N5O4S. The molecule has 0 fully saturated rings. The van der Waals surface area contributed by atoms with E-state index in [0.29, 0.717) is 34.5 Å². The first-order valence-electron chi connectivity index (χ1n) is 10.6. The van der Waals surface area contributed by atoms with Gasteiger partial charge in [0.15, 0.2) is 11.0 Å². The zero-order valence-corrected chi connectivity index (χ0v) is 19.4. The highest BCUT2D eigenvalue weighted by Gasteiger charge is 2.30. The number of hydrogen-bond donors (Lipinski definition) is 2. The third kappa shape index (κ3) is 5.11. The Morgan fingerprint density at radius 3 is 2.85 bits per heavy atom. The molecule has 0 unspecified atom stereocenters. The number of hydrogen-bond acceptors (Lipinski definition) is 7. The van der Waals surface area contributed by atoms with Crippen molar-refractivity contribution >= 4 is 23.8 Å². The van der Waals surface area contributed by atoms with E-state index in [4.69, 9.17) is 9.15 Å². The molecule has 172 valence electrons. The van der Waals surface area contributed by atoms with E-state index in [1.165, 1.54) is 11.8 Å². The Balaban J connectivity index is 1.66. The Kier molecular flexibility index (Phi) is 6.83. The summed E-state index contributed by atoms with van der Waals surface area (Å²) in [5.74, 6) is 1.34. The van der Waals surface area contributed by atoms with Crippen molar-refractivity contribution in [2.45, 2.75) is 38.5 Å². The number of aryl methyl sites for hydroxylation is 1. The topological polar surface area (TPSA) is 111 Å². The average Bonchev–Trinajstić information content (AvgIpc) is 3.42. The predicted octanol–water partition coefficient (Wildman–Crippen LogP) is 3.51. The van der Waals surface area contributed by atoms with Crippen molar-refractivity contribution < 1.29 is 18.7 Å². The van der Waals surface area contributed by atoms with Gasteiger partial charge in [-0.1, -0.05) is 35.5 Å². The Morgan fingerprint density at radius 2 is 2.12 bits per heavy atom. The van der Waals surface area contributed by atoms with Crippen LogP contribution in [0.25, 0.3) is 11.4 Å². The second kappa shape index (κ2) is 9.95. The van der Waals surface area contributed by atoms with Crippen molar-refractivity contribution in [1.29, 1.82) is 0 Å². The molecule has 0 spiro atoms. The van der Waals surface area contributed by atoms with Gasteiger partial charge in [-0.2, -0.15) is 0 Å². The summed E-state index contributed by atoms with van der Waals surface area (Å²) in [5, 5.41) is 14.9. The van der Waals surface area contributed by atoms with E-state index in [2.05, 4.69) is 20.8 Å². The van der Waals surface area contributed by atoms with Crippen LogP contribution < -0.4 is 10.6 Å². The molecule has 3 aromatic rings. The van der Waals surface area contributed by atoms with Gasteiger partial charge in [0.25, 0.3) is 0 Å². The summed E-state index contributed by atoms with van der Waals surface area (Å²) in [6.07, 6.45) is 1.63. The molecule has 1 aromatic carbocycles. The van der Waals surface area contributed by atoms with E-state index >= 15 is 0 Å². The lowest BCUT2D eigenvalue weighted by Gasteiger charge is -2.26. The molecule has 9 nitrogen and oxygen atoms in total. The summed E-state index contributed by atoms with van der Waals surface area (Å²) in [6, 6.07) is 10.9. The van der Waals surface area contributed by atoms with E-state index < -0.39 is 12.0 Å². The number of furan rings is 1. The third-order valence-electron chi connectivity index (χ3n) is 5.10. The minimum Gasteiger partial charge on any atom is -0.467 e. The fourth-order valence-electron chi connectivity index (χ4n) is 3.62. The fraction of sp³-hybridized carbons (Fsp3) is 0.304. The Bertz CT molecular complexity index is 1190. The molecule has 0 saturated carbocycles. The van der Waals surface area contributed by atoms with Gasteiger partial charge in [-0.3, -0.25) is 4.57 Å². The van der Waals surface area contributed by atoms with Crippen LogP contribution in [0.1, 0.15) is 25.2 Å². The monoisotopic (exact) mass is 467 g/mol. The molecule has 1 aliphatic rings. The van der Waals surface area contributed by atoms with E-state index in [1.807, 2.05) is 47.9 Å². The number of carbonyl (C=O) groups excluding carboxylic acids is 2. The highest BCUT2D eigenvalue weighted by molar-refractivity contribution is 7.99. The molecule has 0 aliphatic carbocycles. The predicted molar refractivity (Wildman–Crippen MR) is 124 cm³/mol. The number of aromatic nitrogens is 3. The number of thioether (sulfide) groups is 1. The van der Waals surface area contributed by atoms with Gasteiger partial charge < -0.3 is 19.8 Å². The van der Waals surface area contributed by atoms with Crippen LogP contribution >= 0.6 is 11.8 Å². The summed E-state index contributed by atoms with van der Waals surface area (Å²) in [5.41, 5.74) is 2.96. The molecule has 2 aromatic heterocycles. The number of nitrogens with one attached hydrogen (secondary N) is 2. The van der Waals surface area contributed by atoms with Crippen LogP contribution in [-0.2, 0) is 16.1 Å². The molecule has 3 heterocycles. The van der Waals surface area contributed by atoms with Gasteiger partial charge in [0.1, 0.15) is 5.76 Å². The SMILES string of the molecule is CCOC(=O)C1=C(CSc2nnc(-c3cccc(C)c3)n2Cc2ccco2)NC(=O)N[C@@H]1C. The number of nitrogens with zero attached hydrogens (tertiary/aromatic N) is 3. The van der Waals surface area contributed by atoms with Crippen molar-refractivity contribution in [3.63, 3.8) is 0 Å². The highest BCUT2D eigenvalue weighted by atomic mass is 32.2. The number of ether oxygens (including phenoxy) is 1.